The fourth-order valence-corrected chi connectivity index (χ4v) is 11.9. The van der Waals surface area contributed by atoms with Crippen LogP contribution in [0, 0.1) is 5.92 Å². The molecule has 226 valence electrons. The van der Waals surface area contributed by atoms with Crippen LogP contribution in [0.4, 0.5) is 0 Å². The summed E-state index contributed by atoms with van der Waals surface area (Å²) in [5.41, 5.74) is 3.41. The summed E-state index contributed by atoms with van der Waals surface area (Å²) in [4.78, 5) is 14.2. The second kappa shape index (κ2) is 14.5. The monoisotopic (exact) mass is 632 g/mol. The van der Waals surface area contributed by atoms with E-state index >= 15 is 0 Å². The van der Waals surface area contributed by atoms with Crippen LogP contribution in [-0.4, -0.2) is 5.78 Å². The lowest BCUT2D eigenvalue weighted by atomic mass is 9.84. The molecule has 1 fully saturated rings. The van der Waals surface area contributed by atoms with E-state index in [9.17, 15) is 4.79 Å². The molecule has 0 saturated heterocycles. The molecule has 0 N–H and O–H groups in total. The lowest BCUT2D eigenvalue weighted by molar-refractivity contribution is 0.0891. The van der Waals surface area contributed by atoms with Crippen molar-refractivity contribution in [3.63, 3.8) is 0 Å². The van der Waals surface area contributed by atoms with Crippen LogP contribution < -0.4 is 31.8 Å². The van der Waals surface area contributed by atoms with Gasteiger partial charge in [-0.3, -0.25) is 4.79 Å². The minimum absolute atomic E-state index is 0.124. The first kappa shape index (κ1) is 30.5. The summed E-state index contributed by atoms with van der Waals surface area (Å²) in [5, 5.41) is 7.73. The van der Waals surface area contributed by atoms with E-state index in [1.54, 1.807) is 0 Å². The third-order valence-corrected chi connectivity index (χ3v) is 14.1. The number of carbonyl (C=O) groups excluding carboxylic acids is 1. The molecule has 7 rings (SSSR count). The van der Waals surface area contributed by atoms with Crippen molar-refractivity contribution in [3.05, 3.63) is 169 Å². The summed E-state index contributed by atoms with van der Waals surface area (Å²) in [7, 11) is -1.82. The molecule has 0 spiro atoms. The zero-order chi connectivity index (χ0) is 31.1. The average Bonchev–Trinajstić information content (AvgIpc) is 3.14. The number of hydrogen-bond acceptors (Lipinski definition) is 1. The molecule has 0 amide bonds. The van der Waals surface area contributed by atoms with Gasteiger partial charge in [-0.15, -0.1) is 0 Å². The third-order valence-electron chi connectivity index (χ3n) is 9.01. The van der Waals surface area contributed by atoms with E-state index in [1.807, 2.05) is 6.07 Å². The summed E-state index contributed by atoms with van der Waals surface area (Å²) >= 11 is 0. The predicted molar refractivity (Wildman–Crippen MR) is 200 cm³/mol. The van der Waals surface area contributed by atoms with Gasteiger partial charge in [-0.05, 0) is 71.6 Å². The topological polar surface area (TPSA) is 17.1 Å². The second-order valence-corrected chi connectivity index (χ2v) is 16.3. The molecular weight excluding hydrogens is 594 g/mol. The highest BCUT2D eigenvalue weighted by Crippen LogP contribution is 2.42. The largest absolute Gasteiger partial charge is 0.294 e. The second-order valence-electron chi connectivity index (χ2n) is 11.9. The van der Waals surface area contributed by atoms with Crippen molar-refractivity contribution in [3.8, 4) is 11.1 Å². The summed E-state index contributed by atoms with van der Waals surface area (Å²) in [6.07, 6.45) is 5.55. The molecule has 0 aromatic heterocycles. The Morgan fingerprint density at radius 2 is 0.804 bits per heavy atom. The van der Waals surface area contributed by atoms with Crippen molar-refractivity contribution < 1.29 is 4.79 Å². The number of Topliss-reactive ketones (excluding diaryl/α,β-unsaturated/α-hetero) is 1. The molecule has 1 nitrogen and oxygen atoms in total. The van der Waals surface area contributed by atoms with Crippen LogP contribution in [0.1, 0.15) is 42.5 Å². The zero-order valence-electron chi connectivity index (χ0n) is 26.0. The van der Waals surface area contributed by atoms with Crippen LogP contribution in [0.2, 0.25) is 0 Å². The first-order valence-corrected chi connectivity index (χ1v) is 19.0. The van der Waals surface area contributed by atoms with Gasteiger partial charge in [0.2, 0.25) is 0 Å². The van der Waals surface area contributed by atoms with Gasteiger partial charge in [-0.1, -0.05) is 183 Å². The van der Waals surface area contributed by atoms with Crippen molar-refractivity contribution in [2.45, 2.75) is 32.1 Å². The Bertz CT molecular complexity index is 1860. The Morgan fingerprint density at radius 3 is 1.33 bits per heavy atom. The number of carbonyl (C=O) groups is 1. The van der Waals surface area contributed by atoms with Crippen LogP contribution >= 0.6 is 15.8 Å². The number of benzene rings is 6. The van der Waals surface area contributed by atoms with Crippen molar-refractivity contribution in [2.75, 3.05) is 0 Å². The molecule has 0 radical (unpaired) electrons. The molecule has 0 bridgehead atoms. The summed E-state index contributed by atoms with van der Waals surface area (Å²) < 4.78 is 0. The van der Waals surface area contributed by atoms with Gasteiger partial charge in [0.25, 0.3) is 0 Å². The Morgan fingerprint density at radius 1 is 0.413 bits per heavy atom. The molecule has 6 aromatic rings. The van der Waals surface area contributed by atoms with Crippen molar-refractivity contribution in [1.82, 2.24) is 0 Å². The summed E-state index contributed by atoms with van der Waals surface area (Å²) in [5.74, 6) is 0.451. The molecule has 1 atom stereocenters. The van der Waals surface area contributed by atoms with Gasteiger partial charge < -0.3 is 0 Å². The highest BCUT2D eigenvalue weighted by Gasteiger charge is 2.30. The Labute approximate surface area is 275 Å². The van der Waals surface area contributed by atoms with Gasteiger partial charge in [0.05, 0.1) is 0 Å². The first-order chi connectivity index (χ1) is 22.8. The van der Waals surface area contributed by atoms with Gasteiger partial charge in [-0.25, -0.2) is 0 Å². The highest BCUT2D eigenvalue weighted by molar-refractivity contribution is 7.81. The maximum atomic E-state index is 14.2. The zero-order valence-corrected chi connectivity index (χ0v) is 27.8. The van der Waals surface area contributed by atoms with E-state index in [4.69, 9.17) is 0 Å². The van der Waals surface area contributed by atoms with Crippen LogP contribution in [-0.2, 0) is 0 Å². The van der Waals surface area contributed by atoms with Crippen molar-refractivity contribution in [1.29, 1.82) is 0 Å². The number of rotatable bonds is 9. The van der Waals surface area contributed by atoms with Gasteiger partial charge in [0, 0.05) is 11.5 Å². The molecule has 0 unspecified atom stereocenters. The van der Waals surface area contributed by atoms with E-state index < -0.39 is 15.8 Å². The first-order valence-electron chi connectivity index (χ1n) is 16.4. The Balaban J connectivity index is 1.42. The van der Waals surface area contributed by atoms with Crippen molar-refractivity contribution >= 4 is 53.5 Å². The van der Waals surface area contributed by atoms with Gasteiger partial charge >= 0.3 is 0 Å². The molecule has 0 aliphatic heterocycles. The average molecular weight is 633 g/mol. The summed E-state index contributed by atoms with van der Waals surface area (Å²) in [6, 6.07) is 59.1. The Kier molecular flexibility index (Phi) is 9.63. The Hall–Kier alpha value is -4.15. The lowest BCUT2D eigenvalue weighted by Crippen LogP contribution is -2.29. The molecular formula is C43H38OP2. The van der Waals surface area contributed by atoms with Crippen LogP contribution in [0.25, 0.3) is 11.1 Å². The van der Waals surface area contributed by atoms with E-state index in [-0.39, 0.29) is 5.92 Å². The quantitative estimate of drug-likeness (QED) is 0.115. The molecule has 0 heterocycles. The van der Waals surface area contributed by atoms with Crippen molar-refractivity contribution in [2.24, 2.45) is 5.92 Å². The van der Waals surface area contributed by atoms with E-state index in [2.05, 4.69) is 158 Å². The van der Waals surface area contributed by atoms with Gasteiger partial charge in [-0.2, -0.15) is 0 Å². The van der Waals surface area contributed by atoms with Crippen LogP contribution in [0.5, 0.6) is 0 Å². The molecule has 6 aromatic carbocycles. The normalized spacial score (nSPS) is 14.2. The SMILES string of the molecule is O=C(c1ccccc1[P@](c1ccccc1)c1ccccc1-c1ccccc1P(c1ccccc1)c1ccccc1)C1CCCCC1. The molecule has 46 heavy (non-hydrogen) atoms. The van der Waals surface area contributed by atoms with E-state index in [1.165, 1.54) is 44.1 Å². The predicted octanol–water partition coefficient (Wildman–Crippen LogP) is 8.63. The van der Waals surface area contributed by atoms with Gasteiger partial charge in [0.15, 0.2) is 5.78 Å². The molecule has 1 aliphatic carbocycles. The maximum Gasteiger partial charge on any atom is 0.166 e. The summed E-state index contributed by atoms with van der Waals surface area (Å²) in [6.45, 7) is 0. The van der Waals surface area contributed by atoms with E-state index in [0.717, 1.165) is 36.6 Å². The third kappa shape index (κ3) is 6.41. The molecule has 1 aliphatic rings. The minimum atomic E-state index is -1.02. The maximum absolute atomic E-state index is 14.2. The molecule has 3 heteroatoms. The molecule has 1 saturated carbocycles. The smallest absolute Gasteiger partial charge is 0.166 e. The van der Waals surface area contributed by atoms with Crippen LogP contribution in [0.3, 0.4) is 0 Å². The minimum Gasteiger partial charge on any atom is -0.294 e. The van der Waals surface area contributed by atoms with Gasteiger partial charge in [0.1, 0.15) is 0 Å². The standard InChI is InChI=1S/C43H38OP2/c44-43(33-19-5-1-6-20-33)39-29-15-18-32-42(39)46(36-25-11-4-12-26-36)41-31-17-14-28-38(41)37-27-13-16-30-40(37)45(34-21-7-2-8-22-34)35-23-9-3-10-24-35/h2-4,7-18,21-33H,1,5-6,19-20H2/t46-/m1/s1. The number of ketones is 1. The highest BCUT2D eigenvalue weighted by atomic mass is 31.1. The fraction of sp³-hybridized carbons (Fsp3) is 0.140. The fourth-order valence-electron chi connectivity index (χ4n) is 6.82. The van der Waals surface area contributed by atoms with E-state index in [0.29, 0.717) is 5.78 Å². The number of hydrogen-bond donors (Lipinski definition) is 0. The van der Waals surface area contributed by atoms with Crippen LogP contribution in [0.15, 0.2) is 164 Å². The lowest BCUT2D eigenvalue weighted by Gasteiger charge is -2.28.